The van der Waals surface area contributed by atoms with E-state index in [9.17, 15) is 14.4 Å². The molecule has 0 bridgehead atoms. The first kappa shape index (κ1) is 48.5. The van der Waals surface area contributed by atoms with Gasteiger partial charge in [-0.15, -0.1) is 0 Å². The Morgan fingerprint density at radius 1 is 0.418 bits per heavy atom. The molecule has 0 N–H and O–H groups in total. The second-order valence-corrected chi connectivity index (χ2v) is 11.6. The highest BCUT2D eigenvalue weighted by Gasteiger charge is 2.34. The monoisotopic (exact) mass is 789 g/mol. The molecule has 1 aromatic rings. The van der Waals surface area contributed by atoms with Gasteiger partial charge >= 0.3 is 5.97 Å². The van der Waals surface area contributed by atoms with Crippen LogP contribution in [0.3, 0.4) is 0 Å². The summed E-state index contributed by atoms with van der Waals surface area (Å²) in [5.41, 5.74) is 0.876. The van der Waals surface area contributed by atoms with Crippen molar-refractivity contribution in [1.82, 2.24) is 4.90 Å². The number of hydrogen-bond donors (Lipinski definition) is 0. The van der Waals surface area contributed by atoms with Crippen LogP contribution in [0, 0.1) is 0 Å². The Hall–Kier alpha value is -2.65. The van der Waals surface area contributed by atoms with Crippen LogP contribution in [0.1, 0.15) is 40.5 Å². The summed E-state index contributed by atoms with van der Waals surface area (Å²) in [6, 6.07) is 6.81. The highest BCUT2D eigenvalue weighted by Crippen LogP contribution is 2.21. The highest BCUT2D eigenvalue weighted by molar-refractivity contribution is 6.21. The maximum Gasteiger partial charge on any atom is 0.305 e. The zero-order valence-corrected chi connectivity index (χ0v) is 32.6. The van der Waals surface area contributed by atoms with E-state index in [4.69, 9.17) is 61.6 Å². The topological polar surface area (TPSA) is 174 Å². The normalized spacial score (nSPS) is 12.6. The molecule has 1 aliphatic heterocycles. The van der Waals surface area contributed by atoms with Gasteiger partial charge in [0, 0.05) is 6.42 Å². The van der Waals surface area contributed by atoms with E-state index in [2.05, 4.69) is 0 Å². The molecule has 0 saturated heterocycles. The van der Waals surface area contributed by atoms with Gasteiger partial charge in [0.2, 0.25) is 0 Å². The summed E-state index contributed by atoms with van der Waals surface area (Å²) in [5, 5.41) is 0. The molecule has 17 nitrogen and oxygen atoms in total. The van der Waals surface area contributed by atoms with Gasteiger partial charge in [0.25, 0.3) is 11.8 Å². The average molecular weight is 790 g/mol. The Bertz CT molecular complexity index is 1060. The second-order valence-electron chi connectivity index (χ2n) is 11.6. The summed E-state index contributed by atoms with van der Waals surface area (Å²) in [6.45, 7) is 13.1. The number of carbonyl (C=O) groups excluding carboxylic acids is 3. The Morgan fingerprint density at radius 3 is 0.945 bits per heavy atom. The molecule has 0 saturated carbocycles. The van der Waals surface area contributed by atoms with Gasteiger partial charge in [-0.25, -0.2) is 0 Å². The van der Waals surface area contributed by atoms with E-state index in [1.54, 1.807) is 24.3 Å². The molecule has 1 heterocycles. The quantitative estimate of drug-likeness (QED) is 0.0534. The van der Waals surface area contributed by atoms with Gasteiger partial charge in [0.05, 0.1) is 176 Å². The van der Waals surface area contributed by atoms with Gasteiger partial charge in [0.1, 0.15) is 6.61 Å². The number of hydrogen-bond acceptors (Lipinski definition) is 16. The Labute approximate surface area is 325 Å². The smallest absolute Gasteiger partial charge is 0.305 e. The fraction of sp³-hybridized carbons (Fsp3) is 0.763. The molecular formula is C38H63NO16. The molecule has 0 aromatic heterocycles. The minimum absolute atomic E-state index is 0.195. The summed E-state index contributed by atoms with van der Waals surface area (Å²) >= 11 is 0. The first-order valence-electron chi connectivity index (χ1n) is 19.2. The van der Waals surface area contributed by atoms with Gasteiger partial charge < -0.3 is 61.6 Å². The second kappa shape index (κ2) is 35.7. The predicted octanol–water partition coefficient (Wildman–Crippen LogP) is 1.83. The van der Waals surface area contributed by atoms with E-state index in [-0.39, 0.29) is 37.5 Å². The Balaban J connectivity index is 1.15. The fourth-order valence-electron chi connectivity index (χ4n) is 4.61. The molecule has 2 rings (SSSR count). The zero-order valence-electron chi connectivity index (χ0n) is 32.6. The van der Waals surface area contributed by atoms with Crippen LogP contribution in [-0.4, -0.2) is 194 Å². The molecular weight excluding hydrogens is 726 g/mol. The van der Waals surface area contributed by atoms with Crippen LogP contribution in [0.2, 0.25) is 0 Å². The van der Waals surface area contributed by atoms with Crippen molar-refractivity contribution in [3.05, 3.63) is 35.4 Å². The summed E-state index contributed by atoms with van der Waals surface area (Å²) < 4.78 is 70.5. The lowest BCUT2D eigenvalue weighted by Crippen LogP contribution is -2.33. The summed E-state index contributed by atoms with van der Waals surface area (Å²) in [7, 11) is 0. The first-order chi connectivity index (χ1) is 27.1. The number of ether oxygens (including phenoxy) is 13. The van der Waals surface area contributed by atoms with Crippen molar-refractivity contribution >= 4 is 17.8 Å². The lowest BCUT2D eigenvalue weighted by Gasteiger charge is -2.13. The Kier molecular flexibility index (Phi) is 31.5. The van der Waals surface area contributed by atoms with E-state index in [0.717, 1.165) is 6.42 Å². The Morgan fingerprint density at radius 2 is 0.673 bits per heavy atom. The lowest BCUT2D eigenvalue weighted by atomic mass is 10.1. The molecule has 17 heteroatoms. The molecule has 55 heavy (non-hydrogen) atoms. The van der Waals surface area contributed by atoms with Crippen LogP contribution < -0.4 is 0 Å². The summed E-state index contributed by atoms with van der Waals surface area (Å²) in [6.07, 6.45) is 1.21. The molecule has 0 aliphatic carbocycles. The predicted molar refractivity (Wildman–Crippen MR) is 198 cm³/mol. The van der Waals surface area contributed by atoms with Crippen molar-refractivity contribution < 1.29 is 76.0 Å². The van der Waals surface area contributed by atoms with Crippen molar-refractivity contribution in [2.45, 2.75) is 19.8 Å². The zero-order chi connectivity index (χ0) is 39.3. The minimum Gasteiger partial charge on any atom is -0.463 e. The van der Waals surface area contributed by atoms with Crippen molar-refractivity contribution in [3.8, 4) is 0 Å². The number of fused-ring (bicyclic) bond motifs is 1. The van der Waals surface area contributed by atoms with E-state index < -0.39 is 0 Å². The van der Waals surface area contributed by atoms with Gasteiger partial charge in [-0.05, 0) is 18.6 Å². The van der Waals surface area contributed by atoms with Crippen molar-refractivity contribution in [3.63, 3.8) is 0 Å². The van der Waals surface area contributed by atoms with Crippen LogP contribution in [0.4, 0.5) is 0 Å². The number of rotatable bonds is 41. The molecule has 0 fully saturated rings. The van der Waals surface area contributed by atoms with Crippen molar-refractivity contribution in [2.24, 2.45) is 0 Å². The standard InChI is InChI=1S/C38H63NO16/c1-2-5-36(40)55-33-32-54-31-30-53-29-28-52-27-26-51-25-24-50-23-22-49-21-20-48-19-18-47-17-16-46-15-14-45-13-12-44-11-10-43-9-8-39-37(41)34-6-3-4-7-35(34)38(39)42/h3-4,6-7H,2,5,8-33H2,1H3. The summed E-state index contributed by atoms with van der Waals surface area (Å²) in [5.74, 6) is -0.758. The molecule has 2 amide bonds. The molecule has 316 valence electrons. The summed E-state index contributed by atoms with van der Waals surface area (Å²) in [4.78, 5) is 37.0. The number of imide groups is 1. The number of carbonyl (C=O) groups is 3. The molecule has 1 aliphatic rings. The van der Waals surface area contributed by atoms with E-state index in [1.807, 2.05) is 6.92 Å². The SMILES string of the molecule is CCCC(=O)OCCOCCOCCOCCOCCOCCOCCOCCOCCOCCOCCOCCOCCN1C(=O)c2ccccc2C1=O. The number of nitrogens with zero attached hydrogens (tertiary/aromatic N) is 1. The van der Waals surface area contributed by atoms with Crippen LogP contribution in [0.25, 0.3) is 0 Å². The lowest BCUT2D eigenvalue weighted by molar-refractivity contribution is -0.145. The van der Waals surface area contributed by atoms with Crippen LogP contribution >= 0.6 is 0 Å². The largest absolute Gasteiger partial charge is 0.463 e. The highest BCUT2D eigenvalue weighted by atomic mass is 16.6. The fourth-order valence-corrected chi connectivity index (χ4v) is 4.61. The third-order valence-corrected chi connectivity index (χ3v) is 7.37. The van der Waals surface area contributed by atoms with E-state index in [1.165, 1.54) is 4.90 Å². The van der Waals surface area contributed by atoms with E-state index in [0.29, 0.717) is 170 Å². The number of amides is 2. The average Bonchev–Trinajstić information content (AvgIpc) is 3.43. The van der Waals surface area contributed by atoms with Crippen LogP contribution in [-0.2, 0) is 66.4 Å². The first-order valence-corrected chi connectivity index (χ1v) is 19.2. The van der Waals surface area contributed by atoms with Crippen molar-refractivity contribution in [2.75, 3.05) is 172 Å². The third kappa shape index (κ3) is 26.0. The molecule has 1 aromatic carbocycles. The molecule has 0 radical (unpaired) electrons. The van der Waals surface area contributed by atoms with Crippen molar-refractivity contribution in [1.29, 1.82) is 0 Å². The third-order valence-electron chi connectivity index (χ3n) is 7.37. The van der Waals surface area contributed by atoms with E-state index >= 15 is 0 Å². The van der Waals surface area contributed by atoms with Gasteiger partial charge in [-0.2, -0.15) is 0 Å². The molecule has 0 spiro atoms. The van der Waals surface area contributed by atoms with Gasteiger partial charge in [-0.1, -0.05) is 19.1 Å². The molecule has 0 unspecified atom stereocenters. The van der Waals surface area contributed by atoms with Gasteiger partial charge in [-0.3, -0.25) is 19.3 Å². The maximum absolute atomic E-state index is 12.3. The van der Waals surface area contributed by atoms with Crippen LogP contribution in [0.5, 0.6) is 0 Å². The van der Waals surface area contributed by atoms with Crippen LogP contribution in [0.15, 0.2) is 24.3 Å². The number of esters is 1. The molecule has 0 atom stereocenters. The number of benzene rings is 1. The minimum atomic E-state index is -0.282. The maximum atomic E-state index is 12.3. The van der Waals surface area contributed by atoms with Gasteiger partial charge in [0.15, 0.2) is 0 Å².